The van der Waals surface area contributed by atoms with Crippen LogP contribution >= 0.6 is 0 Å². The maximum Gasteiger partial charge on any atom is 0.160 e. The molecule has 0 spiro atoms. The van der Waals surface area contributed by atoms with Crippen LogP contribution in [0.3, 0.4) is 0 Å². The van der Waals surface area contributed by atoms with Gasteiger partial charge in [0.05, 0.1) is 17.1 Å². The van der Waals surface area contributed by atoms with Crippen LogP contribution in [0.15, 0.2) is 36.8 Å². The lowest BCUT2D eigenvalue weighted by Gasteiger charge is -2.16. The van der Waals surface area contributed by atoms with Crippen molar-refractivity contribution in [2.24, 2.45) is 7.05 Å². The molecule has 0 bridgehead atoms. The van der Waals surface area contributed by atoms with E-state index in [1.807, 2.05) is 19.1 Å². The Kier molecular flexibility index (Phi) is 4.12. The fourth-order valence-electron chi connectivity index (χ4n) is 3.01. The van der Waals surface area contributed by atoms with Crippen molar-refractivity contribution in [3.8, 4) is 11.9 Å². The van der Waals surface area contributed by atoms with Crippen LogP contribution in [0.1, 0.15) is 24.4 Å². The highest BCUT2D eigenvalue weighted by Crippen LogP contribution is 2.28. The fourth-order valence-corrected chi connectivity index (χ4v) is 3.01. The third-order valence-corrected chi connectivity index (χ3v) is 4.30. The summed E-state index contributed by atoms with van der Waals surface area (Å²) in [5.41, 5.74) is 7.12. The minimum Gasteiger partial charge on any atom is -0.382 e. The van der Waals surface area contributed by atoms with Crippen molar-refractivity contribution < 1.29 is 4.39 Å². The van der Waals surface area contributed by atoms with Gasteiger partial charge in [0.25, 0.3) is 0 Å². The molecule has 0 radical (unpaired) electrons. The molecule has 0 saturated heterocycles. The molecule has 3 heterocycles. The number of anilines is 2. The average molecular weight is 377 g/mol. The second-order valence-corrected chi connectivity index (χ2v) is 6.25. The molecule has 4 aromatic rings. The van der Waals surface area contributed by atoms with E-state index in [9.17, 15) is 9.65 Å². The number of fused-ring (bicyclic) bond motifs is 1. The molecule has 0 fully saturated rings. The standard InChI is InChI=1S/C18H16FN9/c1-10(24-17-12(8-20)16(21)22-9-23-17)18-25-13-4-3-11(19)7-14(13)28(18)15-5-6-27(2)26-15/h3-7,9-10H,1-2H3,(H3,21,22,23,24)/t10-/m0/s1. The third kappa shape index (κ3) is 2.88. The van der Waals surface area contributed by atoms with E-state index in [4.69, 9.17) is 5.73 Å². The number of nitrogen functional groups attached to an aromatic ring is 1. The van der Waals surface area contributed by atoms with E-state index in [1.54, 1.807) is 28.6 Å². The lowest BCUT2D eigenvalue weighted by atomic mass is 10.2. The first-order valence-corrected chi connectivity index (χ1v) is 8.43. The average Bonchev–Trinajstić information content (AvgIpc) is 3.24. The summed E-state index contributed by atoms with van der Waals surface area (Å²) in [6.07, 6.45) is 3.07. The number of imidazole rings is 1. The summed E-state index contributed by atoms with van der Waals surface area (Å²) in [6.45, 7) is 1.86. The molecular formula is C18H16FN9. The largest absolute Gasteiger partial charge is 0.382 e. The van der Waals surface area contributed by atoms with Gasteiger partial charge >= 0.3 is 0 Å². The first-order chi connectivity index (χ1) is 13.5. The molecule has 0 aliphatic carbocycles. The van der Waals surface area contributed by atoms with Gasteiger partial charge < -0.3 is 11.1 Å². The Morgan fingerprint density at radius 3 is 2.82 bits per heavy atom. The normalized spacial score (nSPS) is 12.1. The summed E-state index contributed by atoms with van der Waals surface area (Å²) < 4.78 is 17.3. The Morgan fingerprint density at radius 2 is 2.11 bits per heavy atom. The molecule has 0 saturated carbocycles. The van der Waals surface area contributed by atoms with Crippen molar-refractivity contribution >= 4 is 22.7 Å². The van der Waals surface area contributed by atoms with E-state index in [1.165, 1.54) is 18.5 Å². The van der Waals surface area contributed by atoms with Crippen LogP contribution in [0, 0.1) is 17.1 Å². The lowest BCUT2D eigenvalue weighted by Crippen LogP contribution is -2.15. The highest BCUT2D eigenvalue weighted by atomic mass is 19.1. The summed E-state index contributed by atoms with van der Waals surface area (Å²) in [6, 6.07) is 7.81. The van der Waals surface area contributed by atoms with Crippen LogP contribution in [-0.2, 0) is 7.05 Å². The van der Waals surface area contributed by atoms with Gasteiger partial charge in [-0.3, -0.25) is 9.25 Å². The Hall–Kier alpha value is -4.00. The van der Waals surface area contributed by atoms with Crippen molar-refractivity contribution in [2.75, 3.05) is 11.1 Å². The molecule has 10 heteroatoms. The zero-order valence-corrected chi connectivity index (χ0v) is 15.1. The van der Waals surface area contributed by atoms with Crippen LogP contribution in [-0.4, -0.2) is 29.3 Å². The van der Waals surface area contributed by atoms with Crippen LogP contribution in [0.4, 0.5) is 16.0 Å². The molecule has 0 amide bonds. The van der Waals surface area contributed by atoms with Crippen molar-refractivity contribution in [3.63, 3.8) is 0 Å². The number of hydrogen-bond donors (Lipinski definition) is 2. The van der Waals surface area contributed by atoms with E-state index < -0.39 is 0 Å². The monoisotopic (exact) mass is 377 g/mol. The summed E-state index contributed by atoms with van der Waals surface area (Å²) >= 11 is 0. The molecule has 4 rings (SSSR count). The first kappa shape index (κ1) is 17.4. The Morgan fingerprint density at radius 1 is 1.29 bits per heavy atom. The smallest absolute Gasteiger partial charge is 0.160 e. The van der Waals surface area contributed by atoms with Crippen LogP contribution in [0.25, 0.3) is 16.9 Å². The van der Waals surface area contributed by atoms with Gasteiger partial charge in [0, 0.05) is 25.4 Å². The zero-order valence-electron chi connectivity index (χ0n) is 15.1. The first-order valence-electron chi connectivity index (χ1n) is 8.43. The molecule has 140 valence electrons. The highest BCUT2D eigenvalue weighted by Gasteiger charge is 2.21. The molecular weight excluding hydrogens is 361 g/mol. The molecule has 1 atom stereocenters. The Labute approximate surface area is 159 Å². The quantitative estimate of drug-likeness (QED) is 0.559. The number of rotatable bonds is 4. The van der Waals surface area contributed by atoms with E-state index >= 15 is 0 Å². The SMILES string of the molecule is C[C@H](Nc1ncnc(N)c1C#N)c1nc2ccc(F)cc2n1-c1ccn(C)n1. The van der Waals surface area contributed by atoms with Crippen LogP contribution in [0.5, 0.6) is 0 Å². The molecule has 28 heavy (non-hydrogen) atoms. The molecule has 9 nitrogen and oxygen atoms in total. The van der Waals surface area contributed by atoms with Gasteiger partial charge in [-0.25, -0.2) is 19.3 Å². The maximum absolute atomic E-state index is 13.9. The molecule has 3 aromatic heterocycles. The minimum atomic E-state index is -0.390. The number of nitrogens with one attached hydrogen (secondary N) is 1. The molecule has 0 unspecified atom stereocenters. The number of nitriles is 1. The van der Waals surface area contributed by atoms with Gasteiger partial charge in [0.2, 0.25) is 0 Å². The van der Waals surface area contributed by atoms with Gasteiger partial charge in [-0.15, -0.1) is 0 Å². The van der Waals surface area contributed by atoms with Gasteiger partial charge in [0.1, 0.15) is 41.2 Å². The summed E-state index contributed by atoms with van der Waals surface area (Å²) in [7, 11) is 1.80. The number of halogens is 1. The van der Waals surface area contributed by atoms with Crippen molar-refractivity contribution in [2.45, 2.75) is 13.0 Å². The number of nitrogens with zero attached hydrogens (tertiary/aromatic N) is 7. The highest BCUT2D eigenvalue weighted by molar-refractivity contribution is 5.78. The topological polar surface area (TPSA) is 123 Å². The maximum atomic E-state index is 13.9. The fraction of sp³-hybridized carbons (Fsp3) is 0.167. The second-order valence-electron chi connectivity index (χ2n) is 6.25. The van der Waals surface area contributed by atoms with E-state index in [2.05, 4.69) is 25.4 Å². The zero-order chi connectivity index (χ0) is 19.8. The number of nitrogens with two attached hydrogens (primary N) is 1. The third-order valence-electron chi connectivity index (χ3n) is 4.30. The minimum absolute atomic E-state index is 0.0903. The number of hydrogen-bond acceptors (Lipinski definition) is 7. The lowest BCUT2D eigenvalue weighted by molar-refractivity contribution is 0.629. The second kappa shape index (κ2) is 6.62. The number of aryl methyl sites for hydroxylation is 1. The number of aromatic nitrogens is 6. The van der Waals surface area contributed by atoms with Crippen LogP contribution < -0.4 is 11.1 Å². The van der Waals surface area contributed by atoms with Gasteiger partial charge in [-0.2, -0.15) is 10.4 Å². The van der Waals surface area contributed by atoms with Gasteiger partial charge in [0.15, 0.2) is 5.82 Å². The van der Waals surface area contributed by atoms with Gasteiger partial charge in [-0.1, -0.05) is 0 Å². The summed E-state index contributed by atoms with van der Waals surface area (Å²) in [5, 5.41) is 16.9. The van der Waals surface area contributed by atoms with Crippen molar-refractivity contribution in [1.29, 1.82) is 5.26 Å². The summed E-state index contributed by atoms with van der Waals surface area (Å²) in [4.78, 5) is 12.6. The van der Waals surface area contributed by atoms with Gasteiger partial charge in [-0.05, 0) is 19.1 Å². The predicted octanol–water partition coefficient (Wildman–Crippen LogP) is 2.32. The molecule has 0 aliphatic heterocycles. The predicted molar refractivity (Wildman–Crippen MR) is 101 cm³/mol. The molecule has 3 N–H and O–H groups in total. The number of benzene rings is 1. The van der Waals surface area contributed by atoms with Crippen molar-refractivity contribution in [1.82, 2.24) is 29.3 Å². The van der Waals surface area contributed by atoms with E-state index in [0.717, 1.165) is 0 Å². The summed E-state index contributed by atoms with van der Waals surface area (Å²) in [5.74, 6) is 1.20. The molecule has 0 aliphatic rings. The van der Waals surface area contributed by atoms with Crippen molar-refractivity contribution in [3.05, 3.63) is 54.0 Å². The Bertz CT molecular complexity index is 1220. The Balaban J connectivity index is 1.84. The van der Waals surface area contributed by atoms with Crippen LogP contribution in [0.2, 0.25) is 0 Å². The van der Waals surface area contributed by atoms with E-state index in [-0.39, 0.29) is 23.2 Å². The van der Waals surface area contributed by atoms with E-state index in [0.29, 0.717) is 28.5 Å². The molecule has 1 aromatic carbocycles.